The number of hydrogen-bond acceptors (Lipinski definition) is 3. The number of aryl methyl sites for hydroxylation is 1. The van der Waals surface area contributed by atoms with Crippen LogP contribution in [0.25, 0.3) is 0 Å². The van der Waals surface area contributed by atoms with E-state index in [1.165, 1.54) is 14.1 Å². The molecule has 78 valence electrons. The van der Waals surface area contributed by atoms with Gasteiger partial charge in [0.15, 0.2) is 0 Å². The lowest BCUT2D eigenvalue weighted by Gasteiger charge is -2.13. The van der Waals surface area contributed by atoms with Gasteiger partial charge < -0.3 is 0 Å². The van der Waals surface area contributed by atoms with Gasteiger partial charge in [0, 0.05) is 26.0 Å². The number of nitrogens with zero attached hydrogens (tertiary/aromatic N) is 2. The van der Waals surface area contributed by atoms with Gasteiger partial charge in [-0.3, -0.25) is 9.71 Å². The number of nitrogens with one attached hydrogen (secondary N) is 1. The van der Waals surface area contributed by atoms with E-state index in [0.29, 0.717) is 5.69 Å². The van der Waals surface area contributed by atoms with E-state index in [-0.39, 0.29) is 0 Å². The maximum absolute atomic E-state index is 11.4. The molecule has 0 aliphatic rings. The largest absolute Gasteiger partial charge is 0.301 e. The Morgan fingerprint density at radius 1 is 1.43 bits per heavy atom. The maximum Gasteiger partial charge on any atom is 0.301 e. The highest BCUT2D eigenvalue weighted by molar-refractivity contribution is 7.90. The Bertz CT molecular complexity index is 414. The molecule has 1 aromatic rings. The third-order valence-electron chi connectivity index (χ3n) is 1.62. The molecule has 1 N–H and O–H groups in total. The molecule has 0 aliphatic heterocycles. The van der Waals surface area contributed by atoms with Crippen molar-refractivity contribution in [1.29, 1.82) is 0 Å². The number of hydrogen-bond donors (Lipinski definition) is 1. The summed E-state index contributed by atoms with van der Waals surface area (Å²) in [5.41, 5.74) is 1.29. The first kappa shape index (κ1) is 10.9. The molecule has 1 aromatic heterocycles. The van der Waals surface area contributed by atoms with Crippen molar-refractivity contribution in [3.63, 3.8) is 0 Å². The number of anilines is 1. The quantitative estimate of drug-likeness (QED) is 0.803. The lowest BCUT2D eigenvalue weighted by atomic mass is 10.3. The second-order valence-electron chi connectivity index (χ2n) is 3.08. The zero-order valence-corrected chi connectivity index (χ0v) is 9.17. The van der Waals surface area contributed by atoms with E-state index >= 15 is 0 Å². The minimum atomic E-state index is -3.41. The molecule has 0 unspecified atom stereocenters. The van der Waals surface area contributed by atoms with Crippen molar-refractivity contribution in [1.82, 2.24) is 9.29 Å². The average molecular weight is 215 g/mol. The number of aromatic nitrogens is 1. The highest BCUT2D eigenvalue weighted by atomic mass is 32.2. The Hall–Kier alpha value is -1.14. The molecular formula is C8H13N3O2S. The summed E-state index contributed by atoms with van der Waals surface area (Å²) in [6, 6.07) is 3.27. The first-order valence-corrected chi connectivity index (χ1v) is 5.49. The van der Waals surface area contributed by atoms with Crippen molar-refractivity contribution in [3.05, 3.63) is 24.0 Å². The van der Waals surface area contributed by atoms with Gasteiger partial charge in [0.2, 0.25) is 0 Å². The van der Waals surface area contributed by atoms with Crippen molar-refractivity contribution in [2.24, 2.45) is 0 Å². The highest BCUT2D eigenvalue weighted by Crippen LogP contribution is 2.09. The average Bonchev–Trinajstić information content (AvgIpc) is 2.02. The molecule has 1 rings (SSSR count). The monoisotopic (exact) mass is 215 g/mol. The predicted molar refractivity (Wildman–Crippen MR) is 55.2 cm³/mol. The number of rotatable bonds is 3. The van der Waals surface area contributed by atoms with Crippen LogP contribution in [0, 0.1) is 6.92 Å². The van der Waals surface area contributed by atoms with Gasteiger partial charge >= 0.3 is 10.2 Å². The fraction of sp³-hybridized carbons (Fsp3) is 0.375. The van der Waals surface area contributed by atoms with E-state index in [1.54, 1.807) is 25.3 Å². The van der Waals surface area contributed by atoms with Crippen LogP contribution in [-0.4, -0.2) is 31.8 Å². The Labute approximate surface area is 84.0 Å². The molecule has 6 heteroatoms. The first-order chi connectivity index (χ1) is 6.42. The zero-order valence-electron chi connectivity index (χ0n) is 8.35. The van der Waals surface area contributed by atoms with Gasteiger partial charge in [-0.15, -0.1) is 0 Å². The van der Waals surface area contributed by atoms with Crippen LogP contribution in [0.5, 0.6) is 0 Å². The summed E-state index contributed by atoms with van der Waals surface area (Å²) in [6.45, 7) is 1.80. The smallest absolute Gasteiger partial charge is 0.271 e. The Morgan fingerprint density at radius 2 is 2.07 bits per heavy atom. The minimum Gasteiger partial charge on any atom is -0.271 e. The van der Waals surface area contributed by atoms with Crippen molar-refractivity contribution in [3.8, 4) is 0 Å². The number of pyridine rings is 1. The molecule has 14 heavy (non-hydrogen) atoms. The van der Waals surface area contributed by atoms with Gasteiger partial charge in [0.25, 0.3) is 0 Å². The summed E-state index contributed by atoms with van der Waals surface area (Å²) in [6.07, 6.45) is 1.56. The molecule has 0 amide bonds. The van der Waals surface area contributed by atoms with Crippen LogP contribution in [0.1, 0.15) is 5.69 Å². The highest BCUT2D eigenvalue weighted by Gasteiger charge is 2.12. The van der Waals surface area contributed by atoms with Gasteiger partial charge in [-0.05, 0) is 19.1 Å². The molecule has 0 atom stereocenters. The Balaban J connectivity index is 2.90. The molecule has 1 heterocycles. The standard InChI is InChI=1S/C8H13N3O2S/c1-7-6-8(4-5-9-7)10-14(12,13)11(2)3/h4-6H,1-3H3,(H,9,10). The molecule has 0 saturated heterocycles. The van der Waals surface area contributed by atoms with E-state index in [4.69, 9.17) is 0 Å². The van der Waals surface area contributed by atoms with Gasteiger partial charge in [0.1, 0.15) is 0 Å². The molecule has 0 aromatic carbocycles. The van der Waals surface area contributed by atoms with E-state index in [2.05, 4.69) is 9.71 Å². The van der Waals surface area contributed by atoms with Crippen molar-refractivity contribution >= 4 is 15.9 Å². The van der Waals surface area contributed by atoms with Gasteiger partial charge in [-0.1, -0.05) is 0 Å². The third kappa shape index (κ3) is 2.68. The second kappa shape index (κ2) is 3.93. The maximum atomic E-state index is 11.4. The summed E-state index contributed by atoms with van der Waals surface area (Å²) >= 11 is 0. The van der Waals surface area contributed by atoms with Crippen LogP contribution in [0.3, 0.4) is 0 Å². The third-order valence-corrected chi connectivity index (χ3v) is 3.08. The molecule has 5 nitrogen and oxygen atoms in total. The molecule has 0 spiro atoms. The van der Waals surface area contributed by atoms with E-state index in [1.807, 2.05) is 0 Å². The topological polar surface area (TPSA) is 62.3 Å². The summed E-state index contributed by atoms with van der Waals surface area (Å²) in [7, 11) is -0.475. The fourth-order valence-electron chi connectivity index (χ4n) is 0.849. The fourth-order valence-corrected chi connectivity index (χ4v) is 1.46. The second-order valence-corrected chi connectivity index (χ2v) is 4.96. The predicted octanol–water partition coefficient (Wildman–Crippen LogP) is 0.608. The summed E-state index contributed by atoms with van der Waals surface area (Å²) < 4.78 is 26.3. The van der Waals surface area contributed by atoms with Gasteiger partial charge in [0.05, 0.1) is 5.69 Å². The van der Waals surface area contributed by atoms with Crippen LogP contribution in [0.2, 0.25) is 0 Å². The Kier molecular flexibility index (Phi) is 3.07. The van der Waals surface area contributed by atoms with Crippen molar-refractivity contribution in [2.45, 2.75) is 6.92 Å². The van der Waals surface area contributed by atoms with E-state index < -0.39 is 10.2 Å². The Morgan fingerprint density at radius 3 is 2.57 bits per heavy atom. The summed E-state index contributed by atoms with van der Waals surface area (Å²) in [5.74, 6) is 0. The lowest BCUT2D eigenvalue weighted by Crippen LogP contribution is -2.28. The van der Waals surface area contributed by atoms with Crippen LogP contribution in [-0.2, 0) is 10.2 Å². The van der Waals surface area contributed by atoms with Gasteiger partial charge in [-0.25, -0.2) is 0 Å². The zero-order chi connectivity index (χ0) is 10.8. The van der Waals surface area contributed by atoms with Crippen LogP contribution in [0.15, 0.2) is 18.3 Å². The molecular weight excluding hydrogens is 202 g/mol. The van der Waals surface area contributed by atoms with Gasteiger partial charge in [-0.2, -0.15) is 12.7 Å². The molecule has 0 radical (unpaired) electrons. The molecule has 0 fully saturated rings. The van der Waals surface area contributed by atoms with Crippen molar-refractivity contribution < 1.29 is 8.42 Å². The summed E-state index contributed by atoms with van der Waals surface area (Å²) in [4.78, 5) is 3.97. The SMILES string of the molecule is Cc1cc(NS(=O)(=O)N(C)C)ccn1. The van der Waals surface area contributed by atoms with Crippen LogP contribution >= 0.6 is 0 Å². The molecule has 0 saturated carbocycles. The normalized spacial score (nSPS) is 11.7. The van der Waals surface area contributed by atoms with Crippen LogP contribution < -0.4 is 4.72 Å². The first-order valence-electron chi connectivity index (χ1n) is 4.05. The van der Waals surface area contributed by atoms with Crippen molar-refractivity contribution in [2.75, 3.05) is 18.8 Å². The lowest BCUT2D eigenvalue weighted by molar-refractivity contribution is 0.527. The summed E-state index contributed by atoms with van der Waals surface area (Å²) in [5, 5.41) is 0. The van der Waals surface area contributed by atoms with E-state index in [0.717, 1.165) is 10.00 Å². The van der Waals surface area contributed by atoms with Crippen LogP contribution in [0.4, 0.5) is 5.69 Å². The molecule has 0 bridgehead atoms. The van der Waals surface area contributed by atoms with E-state index in [9.17, 15) is 8.42 Å². The minimum absolute atomic E-state index is 0.520. The molecule has 0 aliphatic carbocycles.